The van der Waals surface area contributed by atoms with Gasteiger partial charge in [0.25, 0.3) is 0 Å². The number of rotatable bonds is 7. The largest absolute Gasteiger partial charge is 0.376 e. The molecular formula is C32H42N2S. The van der Waals surface area contributed by atoms with Gasteiger partial charge >= 0.3 is 0 Å². The van der Waals surface area contributed by atoms with Crippen LogP contribution in [0.3, 0.4) is 0 Å². The summed E-state index contributed by atoms with van der Waals surface area (Å²) in [5.74, 6) is 3.16. The number of hydrogen-bond acceptors (Lipinski definition) is 2. The molecule has 5 fully saturated rings. The van der Waals surface area contributed by atoms with Crippen LogP contribution in [0.25, 0.3) is 0 Å². The van der Waals surface area contributed by atoms with Crippen LogP contribution >= 0.6 is 12.2 Å². The Morgan fingerprint density at radius 2 is 1.49 bits per heavy atom. The number of benzene rings is 2. The zero-order valence-corrected chi connectivity index (χ0v) is 21.9. The van der Waals surface area contributed by atoms with Gasteiger partial charge in [-0.2, -0.15) is 0 Å². The first-order chi connectivity index (χ1) is 17.1. The summed E-state index contributed by atoms with van der Waals surface area (Å²) in [6.45, 7) is 0.842. The quantitative estimate of drug-likeness (QED) is 0.422. The van der Waals surface area contributed by atoms with Gasteiger partial charge < -0.3 is 11.1 Å². The average Bonchev–Trinajstić information content (AvgIpc) is 2.89. The zero-order valence-electron chi connectivity index (χ0n) is 21.1. The van der Waals surface area contributed by atoms with Crippen LogP contribution in [0.2, 0.25) is 0 Å². The fraction of sp³-hybridized carbons (Fsp3) is 0.594. The first kappa shape index (κ1) is 23.7. The highest BCUT2D eigenvalue weighted by Crippen LogP contribution is 2.68. The van der Waals surface area contributed by atoms with Crippen LogP contribution < -0.4 is 11.1 Å². The van der Waals surface area contributed by atoms with E-state index in [1.807, 2.05) is 0 Å². The van der Waals surface area contributed by atoms with E-state index in [2.05, 4.69) is 66.0 Å². The van der Waals surface area contributed by atoms with Crippen LogP contribution in [0.5, 0.6) is 0 Å². The first-order valence-corrected chi connectivity index (χ1v) is 14.6. The number of nitrogens with one attached hydrogen (secondary N) is 1. The van der Waals surface area contributed by atoms with Crippen molar-refractivity contribution in [3.8, 4) is 0 Å². The van der Waals surface area contributed by atoms with Gasteiger partial charge in [0.1, 0.15) is 0 Å². The molecule has 2 aromatic carbocycles. The van der Waals surface area contributed by atoms with E-state index in [1.165, 1.54) is 81.2 Å². The Labute approximate surface area is 217 Å². The SMILES string of the molecule is NC[C@H]1CC[C@H](NC(=S)C23CC4CC(c5ccccc5)(CC(C2)C4CCc2ccccc2)C3)CC1. The molecule has 0 radical (unpaired) electrons. The Hall–Kier alpha value is -1.71. The summed E-state index contributed by atoms with van der Waals surface area (Å²) in [7, 11) is 0. The van der Waals surface area contributed by atoms with Gasteiger partial charge in [-0.3, -0.25) is 0 Å². The molecule has 7 rings (SSSR count). The first-order valence-electron chi connectivity index (χ1n) is 14.2. The Morgan fingerprint density at radius 1 is 0.857 bits per heavy atom. The Balaban J connectivity index is 1.23. The minimum absolute atomic E-state index is 0.199. The third-order valence-electron chi connectivity index (χ3n) is 10.5. The molecule has 2 aromatic rings. The van der Waals surface area contributed by atoms with Crippen molar-refractivity contribution in [3.05, 3.63) is 71.8 Å². The highest BCUT2D eigenvalue weighted by Gasteiger charge is 2.62. The molecule has 3 heteroatoms. The van der Waals surface area contributed by atoms with Crippen LogP contribution in [0.1, 0.15) is 75.3 Å². The summed E-state index contributed by atoms with van der Waals surface area (Å²) >= 11 is 6.33. The third-order valence-corrected chi connectivity index (χ3v) is 11.0. The molecule has 35 heavy (non-hydrogen) atoms. The van der Waals surface area contributed by atoms with Crippen molar-refractivity contribution in [1.82, 2.24) is 5.32 Å². The standard InChI is InChI=1S/C32H42N2S/c33-21-24-11-14-28(15-12-24)34-30(35)32-19-25-17-31(22-32,27-9-5-2-6-10-27)18-26(20-32)29(25)16-13-23-7-3-1-4-8-23/h1-10,24-26,28-29H,11-22,33H2,(H,34,35)/t24-,25?,26?,28-,29?,31?,32?. The van der Waals surface area contributed by atoms with Gasteiger partial charge in [-0.25, -0.2) is 0 Å². The molecule has 186 valence electrons. The molecule has 5 aliphatic rings. The molecule has 0 spiro atoms. The van der Waals surface area contributed by atoms with Crippen LogP contribution in [0, 0.1) is 29.1 Å². The Kier molecular flexibility index (Phi) is 6.52. The maximum absolute atomic E-state index is 6.33. The van der Waals surface area contributed by atoms with E-state index in [1.54, 1.807) is 5.56 Å². The van der Waals surface area contributed by atoms with Crippen LogP contribution in [-0.2, 0) is 11.8 Å². The number of thiocarbonyl (C=S) groups is 1. The van der Waals surface area contributed by atoms with E-state index >= 15 is 0 Å². The van der Waals surface area contributed by atoms with Gasteiger partial charge in [-0.15, -0.1) is 0 Å². The smallest absolute Gasteiger partial charge is 0.0818 e. The second-order valence-electron chi connectivity index (χ2n) is 12.6. The second-order valence-corrected chi connectivity index (χ2v) is 13.0. The van der Waals surface area contributed by atoms with Gasteiger partial charge in [-0.1, -0.05) is 72.9 Å². The van der Waals surface area contributed by atoms with E-state index < -0.39 is 0 Å². The molecule has 4 bridgehead atoms. The lowest BCUT2D eigenvalue weighted by molar-refractivity contribution is -0.0837. The van der Waals surface area contributed by atoms with Crippen LogP contribution in [0.4, 0.5) is 0 Å². The Morgan fingerprint density at radius 3 is 2.11 bits per heavy atom. The summed E-state index contributed by atoms with van der Waals surface area (Å²) in [6.07, 6.45) is 14.1. The predicted octanol–water partition coefficient (Wildman–Crippen LogP) is 6.82. The maximum atomic E-state index is 6.33. The van der Waals surface area contributed by atoms with Gasteiger partial charge in [0.05, 0.1) is 4.99 Å². The van der Waals surface area contributed by atoms with E-state index in [-0.39, 0.29) is 5.41 Å². The van der Waals surface area contributed by atoms with Gasteiger partial charge in [0, 0.05) is 11.5 Å². The van der Waals surface area contributed by atoms with Crippen molar-refractivity contribution in [2.45, 2.75) is 82.1 Å². The van der Waals surface area contributed by atoms with Crippen molar-refractivity contribution < 1.29 is 0 Å². The van der Waals surface area contributed by atoms with Gasteiger partial charge in [0.2, 0.25) is 0 Å². The van der Waals surface area contributed by atoms with E-state index in [0.717, 1.165) is 24.3 Å². The molecule has 0 aromatic heterocycles. The van der Waals surface area contributed by atoms with Crippen molar-refractivity contribution in [3.63, 3.8) is 0 Å². The predicted molar refractivity (Wildman–Crippen MR) is 149 cm³/mol. The fourth-order valence-electron chi connectivity index (χ4n) is 8.97. The minimum Gasteiger partial charge on any atom is -0.376 e. The average molecular weight is 487 g/mol. The summed E-state index contributed by atoms with van der Waals surface area (Å²) in [5, 5.41) is 3.95. The maximum Gasteiger partial charge on any atom is 0.0818 e. The van der Waals surface area contributed by atoms with Gasteiger partial charge in [0.15, 0.2) is 0 Å². The number of nitrogens with two attached hydrogens (primary N) is 1. The molecule has 2 atom stereocenters. The van der Waals surface area contributed by atoms with E-state index in [4.69, 9.17) is 18.0 Å². The highest BCUT2D eigenvalue weighted by atomic mass is 32.1. The van der Waals surface area contributed by atoms with Gasteiger partial charge in [-0.05, 0) is 117 Å². The summed E-state index contributed by atoms with van der Waals surface area (Å²) in [4.78, 5) is 1.21. The van der Waals surface area contributed by atoms with Crippen LogP contribution in [0.15, 0.2) is 60.7 Å². The molecule has 0 saturated heterocycles. The van der Waals surface area contributed by atoms with Crippen LogP contribution in [-0.4, -0.2) is 17.6 Å². The highest BCUT2D eigenvalue weighted by molar-refractivity contribution is 7.80. The summed E-state index contributed by atoms with van der Waals surface area (Å²) < 4.78 is 0. The Bertz CT molecular complexity index is 994. The molecule has 3 N–H and O–H groups in total. The van der Waals surface area contributed by atoms with Crippen molar-refractivity contribution in [2.75, 3.05) is 6.54 Å². The molecular weight excluding hydrogens is 444 g/mol. The second kappa shape index (κ2) is 9.63. The monoisotopic (exact) mass is 486 g/mol. The fourth-order valence-corrected chi connectivity index (χ4v) is 9.38. The zero-order chi connectivity index (χ0) is 23.9. The molecule has 0 aliphatic heterocycles. The third kappa shape index (κ3) is 4.48. The lowest BCUT2D eigenvalue weighted by Crippen LogP contribution is -2.62. The number of hydrogen-bond donors (Lipinski definition) is 2. The summed E-state index contributed by atoms with van der Waals surface area (Å²) in [6, 6.07) is 23.2. The van der Waals surface area contributed by atoms with Crippen molar-refractivity contribution in [1.29, 1.82) is 0 Å². The molecule has 0 amide bonds. The molecule has 2 unspecified atom stereocenters. The minimum atomic E-state index is 0.199. The normalized spacial score (nSPS) is 37.8. The lowest BCUT2D eigenvalue weighted by atomic mass is 9.39. The van der Waals surface area contributed by atoms with Crippen molar-refractivity contribution in [2.24, 2.45) is 34.8 Å². The van der Waals surface area contributed by atoms with E-state index in [0.29, 0.717) is 17.4 Å². The topological polar surface area (TPSA) is 38.0 Å². The molecule has 0 heterocycles. The number of aryl methyl sites for hydroxylation is 1. The van der Waals surface area contributed by atoms with E-state index in [9.17, 15) is 0 Å². The summed E-state index contributed by atoms with van der Waals surface area (Å²) in [5.41, 5.74) is 9.54. The molecule has 5 aliphatic carbocycles. The lowest BCUT2D eigenvalue weighted by Gasteiger charge is -2.65. The molecule has 5 saturated carbocycles. The molecule has 2 nitrogen and oxygen atoms in total. The van der Waals surface area contributed by atoms with Crippen molar-refractivity contribution >= 4 is 17.2 Å².